The highest BCUT2D eigenvalue weighted by molar-refractivity contribution is 7.13. The lowest BCUT2D eigenvalue weighted by molar-refractivity contribution is -0.134. The van der Waals surface area contributed by atoms with Crippen LogP contribution in [0, 0.1) is 5.92 Å². The van der Waals surface area contributed by atoms with Gasteiger partial charge in [0.25, 0.3) is 0 Å². The summed E-state index contributed by atoms with van der Waals surface area (Å²) >= 11 is 7.67. The van der Waals surface area contributed by atoms with Crippen LogP contribution in [-0.4, -0.2) is 23.5 Å². The first-order valence-corrected chi connectivity index (χ1v) is 8.50. The van der Waals surface area contributed by atoms with Gasteiger partial charge in [-0.1, -0.05) is 36.9 Å². The summed E-state index contributed by atoms with van der Waals surface area (Å²) in [5, 5.41) is 10.5. The Labute approximate surface area is 133 Å². The van der Waals surface area contributed by atoms with Gasteiger partial charge in [-0.25, -0.2) is 4.79 Å². The van der Waals surface area contributed by atoms with Gasteiger partial charge in [0.1, 0.15) is 5.17 Å². The molecule has 0 radical (unpaired) electrons. The smallest absolute Gasteiger partial charge is 0.360 e. The standard InChI is InChI=1S/C15H19ClN2O2S/c1-2-20-15(19)13(12-9-6-10-21-12)17-18-14(16)11-7-4-3-5-8-11/h6,9-11H,2-5,7-8H2,1H3. The maximum Gasteiger partial charge on any atom is 0.360 e. The van der Waals surface area contributed by atoms with E-state index in [0.29, 0.717) is 11.8 Å². The Hall–Kier alpha value is -1.20. The van der Waals surface area contributed by atoms with Gasteiger partial charge in [-0.05, 0) is 31.2 Å². The molecule has 1 aliphatic rings. The first-order valence-electron chi connectivity index (χ1n) is 7.24. The number of halogens is 1. The minimum Gasteiger partial charge on any atom is -0.461 e. The molecule has 0 saturated heterocycles. The molecule has 0 atom stereocenters. The van der Waals surface area contributed by atoms with Crippen LogP contribution in [0.4, 0.5) is 0 Å². The largest absolute Gasteiger partial charge is 0.461 e. The van der Waals surface area contributed by atoms with E-state index in [1.165, 1.54) is 30.6 Å². The van der Waals surface area contributed by atoms with Crippen molar-refractivity contribution >= 4 is 39.8 Å². The third-order valence-corrected chi connectivity index (χ3v) is 4.67. The van der Waals surface area contributed by atoms with Gasteiger partial charge >= 0.3 is 5.97 Å². The van der Waals surface area contributed by atoms with Gasteiger partial charge in [0.05, 0.1) is 11.5 Å². The molecule has 21 heavy (non-hydrogen) atoms. The Morgan fingerprint density at radius 2 is 2.14 bits per heavy atom. The Balaban J connectivity index is 2.17. The van der Waals surface area contributed by atoms with E-state index in [1.54, 1.807) is 6.92 Å². The molecule has 0 bridgehead atoms. The zero-order chi connectivity index (χ0) is 15.1. The second kappa shape index (κ2) is 8.29. The van der Waals surface area contributed by atoms with Crippen LogP contribution in [0.1, 0.15) is 43.9 Å². The molecule has 1 heterocycles. The van der Waals surface area contributed by atoms with E-state index in [9.17, 15) is 4.79 Å². The summed E-state index contributed by atoms with van der Waals surface area (Å²) in [7, 11) is 0. The summed E-state index contributed by atoms with van der Waals surface area (Å²) < 4.78 is 5.03. The number of carbonyl (C=O) groups is 1. The van der Waals surface area contributed by atoms with Crippen molar-refractivity contribution in [1.82, 2.24) is 0 Å². The second-order valence-corrected chi connectivity index (χ2v) is 6.24. The molecule has 0 unspecified atom stereocenters. The van der Waals surface area contributed by atoms with E-state index in [0.717, 1.165) is 17.7 Å². The van der Waals surface area contributed by atoms with E-state index in [-0.39, 0.29) is 11.6 Å². The number of esters is 1. The van der Waals surface area contributed by atoms with Crippen molar-refractivity contribution in [2.24, 2.45) is 16.1 Å². The molecule has 4 nitrogen and oxygen atoms in total. The monoisotopic (exact) mass is 326 g/mol. The summed E-state index contributed by atoms with van der Waals surface area (Å²) in [5.41, 5.74) is 0.223. The average molecular weight is 327 g/mol. The molecule has 1 aliphatic carbocycles. The molecule has 1 fully saturated rings. The van der Waals surface area contributed by atoms with Gasteiger partial charge in [0.15, 0.2) is 5.71 Å². The van der Waals surface area contributed by atoms with Gasteiger partial charge in [0, 0.05) is 5.92 Å². The van der Waals surface area contributed by atoms with Crippen molar-refractivity contribution < 1.29 is 9.53 Å². The van der Waals surface area contributed by atoms with E-state index in [1.807, 2.05) is 17.5 Å². The van der Waals surface area contributed by atoms with Crippen LogP contribution in [0.3, 0.4) is 0 Å². The van der Waals surface area contributed by atoms with Gasteiger partial charge in [0.2, 0.25) is 0 Å². The molecule has 0 amide bonds. The Morgan fingerprint density at radius 3 is 2.76 bits per heavy atom. The minimum atomic E-state index is -0.461. The van der Waals surface area contributed by atoms with Crippen LogP contribution in [0.25, 0.3) is 0 Å². The zero-order valence-electron chi connectivity index (χ0n) is 12.0. The molecule has 0 N–H and O–H groups in total. The summed E-state index contributed by atoms with van der Waals surface area (Å²) in [5.74, 6) is -0.187. The number of nitrogens with zero attached hydrogens (tertiary/aromatic N) is 2. The summed E-state index contributed by atoms with van der Waals surface area (Å²) in [6.07, 6.45) is 5.70. The van der Waals surface area contributed by atoms with Crippen molar-refractivity contribution in [2.45, 2.75) is 39.0 Å². The predicted molar refractivity (Wildman–Crippen MR) is 87.4 cm³/mol. The van der Waals surface area contributed by atoms with Crippen LogP contribution in [0.2, 0.25) is 0 Å². The second-order valence-electron chi connectivity index (χ2n) is 4.90. The first-order chi connectivity index (χ1) is 10.2. The SMILES string of the molecule is CCOC(=O)C(=NN=C(Cl)C1CCCCC1)c1cccs1. The Morgan fingerprint density at radius 1 is 1.38 bits per heavy atom. The maximum absolute atomic E-state index is 12.0. The Kier molecular flexibility index (Phi) is 6.39. The molecule has 0 aromatic carbocycles. The highest BCUT2D eigenvalue weighted by Crippen LogP contribution is 2.26. The fourth-order valence-electron chi connectivity index (χ4n) is 2.32. The third kappa shape index (κ3) is 4.64. The van der Waals surface area contributed by atoms with E-state index in [4.69, 9.17) is 16.3 Å². The molecule has 1 aromatic heterocycles. The highest BCUT2D eigenvalue weighted by atomic mass is 35.5. The highest BCUT2D eigenvalue weighted by Gasteiger charge is 2.19. The molecule has 114 valence electrons. The number of ether oxygens (including phenoxy) is 1. The summed E-state index contributed by atoms with van der Waals surface area (Å²) in [6, 6.07) is 3.69. The van der Waals surface area contributed by atoms with Crippen LogP contribution >= 0.6 is 22.9 Å². The van der Waals surface area contributed by atoms with Crippen molar-refractivity contribution in [3.8, 4) is 0 Å². The first kappa shape index (κ1) is 16.2. The van der Waals surface area contributed by atoms with Crippen molar-refractivity contribution in [3.05, 3.63) is 22.4 Å². The molecule has 0 aliphatic heterocycles. The topological polar surface area (TPSA) is 51.0 Å². The quantitative estimate of drug-likeness (QED) is 0.462. The number of hydrogen-bond donors (Lipinski definition) is 0. The number of carbonyl (C=O) groups excluding carboxylic acids is 1. The molecule has 2 rings (SSSR count). The van der Waals surface area contributed by atoms with Crippen LogP contribution < -0.4 is 0 Å². The zero-order valence-corrected chi connectivity index (χ0v) is 13.6. The predicted octanol–water partition coefficient (Wildman–Crippen LogP) is 4.23. The molecule has 6 heteroatoms. The molecule has 1 saturated carbocycles. The molecule has 0 spiro atoms. The van der Waals surface area contributed by atoms with Crippen LogP contribution in [0.5, 0.6) is 0 Å². The minimum absolute atomic E-state index is 0.223. The summed E-state index contributed by atoms with van der Waals surface area (Å²) in [4.78, 5) is 12.7. The number of hydrogen-bond acceptors (Lipinski definition) is 5. The molecular weight excluding hydrogens is 308 g/mol. The normalized spacial score (nSPS) is 17.8. The number of rotatable bonds is 5. The van der Waals surface area contributed by atoms with E-state index >= 15 is 0 Å². The average Bonchev–Trinajstić information content (AvgIpc) is 3.02. The Bertz CT molecular complexity index is 520. The van der Waals surface area contributed by atoms with Gasteiger partial charge in [-0.3, -0.25) is 0 Å². The van der Waals surface area contributed by atoms with Crippen LogP contribution in [-0.2, 0) is 9.53 Å². The fraction of sp³-hybridized carbons (Fsp3) is 0.533. The van der Waals surface area contributed by atoms with Gasteiger partial charge in [-0.15, -0.1) is 21.5 Å². The molecule has 1 aromatic rings. The van der Waals surface area contributed by atoms with Crippen molar-refractivity contribution in [3.63, 3.8) is 0 Å². The lowest BCUT2D eigenvalue weighted by Crippen LogP contribution is -2.18. The lowest BCUT2D eigenvalue weighted by atomic mass is 9.90. The number of thiophene rings is 1. The fourth-order valence-corrected chi connectivity index (χ4v) is 3.28. The summed E-state index contributed by atoms with van der Waals surface area (Å²) in [6.45, 7) is 2.07. The van der Waals surface area contributed by atoms with E-state index in [2.05, 4.69) is 10.2 Å². The lowest BCUT2D eigenvalue weighted by Gasteiger charge is -2.19. The van der Waals surface area contributed by atoms with Crippen molar-refractivity contribution in [2.75, 3.05) is 6.61 Å². The van der Waals surface area contributed by atoms with Crippen molar-refractivity contribution in [1.29, 1.82) is 0 Å². The third-order valence-electron chi connectivity index (χ3n) is 3.41. The maximum atomic E-state index is 12.0. The van der Waals surface area contributed by atoms with Gasteiger partial charge < -0.3 is 4.74 Å². The molecular formula is C15H19ClN2O2S. The van der Waals surface area contributed by atoms with E-state index < -0.39 is 5.97 Å². The van der Waals surface area contributed by atoms with Gasteiger partial charge in [-0.2, -0.15) is 0 Å². The van der Waals surface area contributed by atoms with Crippen LogP contribution in [0.15, 0.2) is 27.7 Å².